The second kappa shape index (κ2) is 9.24. The van der Waals surface area contributed by atoms with Crippen LogP contribution in [-0.4, -0.2) is 43.5 Å². The molecule has 1 aromatic heterocycles. The predicted octanol–water partition coefficient (Wildman–Crippen LogP) is 3.37. The summed E-state index contributed by atoms with van der Waals surface area (Å²) in [7, 11) is 1.52. The van der Waals surface area contributed by atoms with E-state index in [9.17, 15) is 19.7 Å². The number of carbonyl (C=O) groups excluding carboxylic acids is 2. The zero-order valence-corrected chi connectivity index (χ0v) is 16.1. The number of nitro benzene ring substituents is 1. The highest BCUT2D eigenvalue weighted by Gasteiger charge is 2.20. The Kier molecular flexibility index (Phi) is 7.03. The fraction of sp³-hybridized carbons (Fsp3) is 0.333. The summed E-state index contributed by atoms with van der Waals surface area (Å²) in [6, 6.07) is 5.72. The first-order valence-corrected chi connectivity index (χ1v) is 8.93. The van der Waals surface area contributed by atoms with Gasteiger partial charge in [-0.2, -0.15) is 0 Å². The van der Waals surface area contributed by atoms with Crippen molar-refractivity contribution in [3.63, 3.8) is 0 Å². The van der Waals surface area contributed by atoms with Crippen LogP contribution in [0.1, 0.15) is 30.5 Å². The average molecular weight is 392 g/mol. The maximum absolute atomic E-state index is 12.2. The molecule has 2 rings (SSSR count). The number of hydrogen-bond acceptors (Lipinski definition) is 8. The fourth-order valence-corrected chi connectivity index (χ4v) is 3.39. The van der Waals surface area contributed by atoms with Crippen molar-refractivity contribution in [2.24, 2.45) is 0 Å². The standard InChI is InChI=1S/C18H20N2O6S/c1-11-8-14(12(2)27-11)17(21)10-26-18(22)13-4-5-15(19-6-7-25-3)16(9-13)20(23)24/h4-5,8-9,19H,6-7,10H2,1-3H3. The third kappa shape index (κ3) is 5.35. The Balaban J connectivity index is 2.07. The molecule has 2 aromatic rings. The molecule has 0 aliphatic heterocycles. The summed E-state index contributed by atoms with van der Waals surface area (Å²) in [5.74, 6) is -1.10. The molecule has 27 heavy (non-hydrogen) atoms. The van der Waals surface area contributed by atoms with Crippen LogP contribution in [0, 0.1) is 24.0 Å². The number of hydrogen-bond donors (Lipinski definition) is 1. The topological polar surface area (TPSA) is 108 Å². The van der Waals surface area contributed by atoms with Gasteiger partial charge in [0.25, 0.3) is 5.69 Å². The SMILES string of the molecule is COCCNc1ccc(C(=O)OCC(=O)c2cc(C)sc2C)cc1[N+](=O)[O-]. The summed E-state index contributed by atoms with van der Waals surface area (Å²) >= 11 is 1.49. The molecule has 0 fully saturated rings. The van der Waals surface area contributed by atoms with E-state index in [1.54, 1.807) is 6.07 Å². The van der Waals surface area contributed by atoms with Gasteiger partial charge in [0, 0.05) is 35.0 Å². The summed E-state index contributed by atoms with van der Waals surface area (Å²) in [5.41, 5.74) is 0.546. The average Bonchev–Trinajstić information content (AvgIpc) is 2.98. The van der Waals surface area contributed by atoms with Crippen molar-refractivity contribution in [1.29, 1.82) is 0 Å². The molecule has 0 unspecified atom stereocenters. The highest BCUT2D eigenvalue weighted by molar-refractivity contribution is 7.12. The Labute approximate surface area is 160 Å². The molecular formula is C18H20N2O6S. The minimum atomic E-state index is -0.792. The molecule has 0 saturated carbocycles. The molecule has 0 bridgehead atoms. The van der Waals surface area contributed by atoms with Gasteiger partial charge in [-0.1, -0.05) is 0 Å². The van der Waals surface area contributed by atoms with Gasteiger partial charge in [0.1, 0.15) is 5.69 Å². The summed E-state index contributed by atoms with van der Waals surface area (Å²) in [6.45, 7) is 4.06. The zero-order chi connectivity index (χ0) is 20.0. The number of nitrogens with one attached hydrogen (secondary N) is 1. The van der Waals surface area contributed by atoms with Crippen LogP contribution in [0.25, 0.3) is 0 Å². The van der Waals surface area contributed by atoms with Crippen LogP contribution in [0.3, 0.4) is 0 Å². The van der Waals surface area contributed by atoms with Crippen LogP contribution in [0.15, 0.2) is 24.3 Å². The maximum atomic E-state index is 12.2. The summed E-state index contributed by atoms with van der Waals surface area (Å²) in [6.07, 6.45) is 0. The largest absolute Gasteiger partial charge is 0.454 e. The Bertz CT molecular complexity index is 862. The molecule has 0 saturated heterocycles. The first-order valence-electron chi connectivity index (χ1n) is 8.12. The lowest BCUT2D eigenvalue weighted by Crippen LogP contribution is -2.15. The Hall–Kier alpha value is -2.78. The molecule has 8 nitrogen and oxygen atoms in total. The van der Waals surface area contributed by atoms with Crippen LogP contribution in [0.5, 0.6) is 0 Å². The second-order valence-corrected chi connectivity index (χ2v) is 7.20. The fourth-order valence-electron chi connectivity index (χ4n) is 2.45. The maximum Gasteiger partial charge on any atom is 0.338 e. The van der Waals surface area contributed by atoms with Crippen LogP contribution in [0.4, 0.5) is 11.4 Å². The van der Waals surface area contributed by atoms with Crippen molar-refractivity contribution in [1.82, 2.24) is 0 Å². The van der Waals surface area contributed by atoms with Crippen LogP contribution < -0.4 is 5.32 Å². The summed E-state index contributed by atoms with van der Waals surface area (Å²) in [4.78, 5) is 36.9. The number of anilines is 1. The van der Waals surface area contributed by atoms with E-state index in [0.717, 1.165) is 15.8 Å². The molecular weight excluding hydrogens is 372 g/mol. The normalized spacial score (nSPS) is 10.5. The number of rotatable bonds is 9. The molecule has 0 amide bonds. The quantitative estimate of drug-likeness (QED) is 0.229. The van der Waals surface area contributed by atoms with E-state index in [4.69, 9.17) is 9.47 Å². The summed E-state index contributed by atoms with van der Waals surface area (Å²) in [5, 5.41) is 14.1. The number of ketones is 1. The molecule has 0 aliphatic rings. The van der Waals surface area contributed by atoms with Crippen molar-refractivity contribution in [3.05, 3.63) is 55.3 Å². The number of nitrogens with zero attached hydrogens (tertiary/aromatic N) is 1. The van der Waals surface area contributed by atoms with Gasteiger partial charge in [0.05, 0.1) is 17.1 Å². The number of methoxy groups -OCH3 is 1. The lowest BCUT2D eigenvalue weighted by atomic mass is 10.1. The number of Topliss-reactive ketones (excluding diaryl/α,β-unsaturated/α-hetero) is 1. The van der Waals surface area contributed by atoms with Crippen molar-refractivity contribution < 1.29 is 24.0 Å². The van der Waals surface area contributed by atoms with Gasteiger partial charge in [0.15, 0.2) is 6.61 Å². The molecule has 0 radical (unpaired) electrons. The highest BCUT2D eigenvalue weighted by atomic mass is 32.1. The molecule has 9 heteroatoms. The number of nitro groups is 1. The smallest absolute Gasteiger partial charge is 0.338 e. The van der Waals surface area contributed by atoms with Crippen LogP contribution in [-0.2, 0) is 9.47 Å². The first-order chi connectivity index (χ1) is 12.8. The molecule has 1 aromatic carbocycles. The van der Waals surface area contributed by atoms with E-state index in [0.29, 0.717) is 18.7 Å². The van der Waals surface area contributed by atoms with Gasteiger partial charge in [-0.3, -0.25) is 14.9 Å². The van der Waals surface area contributed by atoms with E-state index >= 15 is 0 Å². The van der Waals surface area contributed by atoms with Crippen molar-refractivity contribution >= 4 is 34.5 Å². The van der Waals surface area contributed by atoms with E-state index in [1.165, 1.54) is 30.6 Å². The molecule has 144 valence electrons. The van der Waals surface area contributed by atoms with Crippen molar-refractivity contribution in [2.45, 2.75) is 13.8 Å². The van der Waals surface area contributed by atoms with Gasteiger partial charge < -0.3 is 14.8 Å². The van der Waals surface area contributed by atoms with Crippen molar-refractivity contribution in [2.75, 3.05) is 32.2 Å². The van der Waals surface area contributed by atoms with E-state index in [-0.39, 0.29) is 22.7 Å². The lowest BCUT2D eigenvalue weighted by molar-refractivity contribution is -0.384. The molecule has 0 aliphatic carbocycles. The van der Waals surface area contributed by atoms with Gasteiger partial charge in [-0.15, -0.1) is 11.3 Å². The highest BCUT2D eigenvalue weighted by Crippen LogP contribution is 2.26. The van der Waals surface area contributed by atoms with Crippen LogP contribution >= 0.6 is 11.3 Å². The van der Waals surface area contributed by atoms with Crippen molar-refractivity contribution in [3.8, 4) is 0 Å². The van der Waals surface area contributed by atoms with Gasteiger partial charge in [-0.05, 0) is 32.0 Å². The van der Waals surface area contributed by atoms with E-state index in [2.05, 4.69) is 5.32 Å². The monoisotopic (exact) mass is 392 g/mol. The van der Waals surface area contributed by atoms with Gasteiger partial charge >= 0.3 is 5.97 Å². The third-order valence-electron chi connectivity index (χ3n) is 3.73. The van der Waals surface area contributed by atoms with E-state index in [1.807, 2.05) is 13.8 Å². The minimum Gasteiger partial charge on any atom is -0.454 e. The molecule has 0 atom stereocenters. The second-order valence-electron chi connectivity index (χ2n) is 5.73. The number of aryl methyl sites for hydroxylation is 2. The lowest BCUT2D eigenvalue weighted by Gasteiger charge is -2.08. The Morgan fingerprint density at radius 2 is 2.00 bits per heavy atom. The minimum absolute atomic E-state index is 0.00464. The number of ether oxygens (including phenoxy) is 2. The Morgan fingerprint density at radius 1 is 1.26 bits per heavy atom. The summed E-state index contributed by atoms with van der Waals surface area (Å²) < 4.78 is 9.92. The van der Waals surface area contributed by atoms with Gasteiger partial charge in [0.2, 0.25) is 5.78 Å². The number of carbonyl (C=O) groups is 2. The van der Waals surface area contributed by atoms with Gasteiger partial charge in [-0.25, -0.2) is 4.79 Å². The van der Waals surface area contributed by atoms with Crippen LogP contribution in [0.2, 0.25) is 0 Å². The number of esters is 1. The number of benzene rings is 1. The molecule has 1 N–H and O–H groups in total. The van der Waals surface area contributed by atoms with E-state index < -0.39 is 17.5 Å². The molecule has 1 heterocycles. The predicted molar refractivity (Wildman–Crippen MR) is 102 cm³/mol. The number of thiophene rings is 1. The zero-order valence-electron chi connectivity index (χ0n) is 15.2. The third-order valence-corrected chi connectivity index (χ3v) is 4.69. The Morgan fingerprint density at radius 3 is 2.59 bits per heavy atom. The molecule has 0 spiro atoms. The first kappa shape index (κ1) is 20.5.